The SMILES string of the molecule is CNCC1CCN(C(=O)c2cnn(-c3ccccc3)n2)CC1.Cl. The third-order valence-corrected chi connectivity index (χ3v) is 4.09. The summed E-state index contributed by atoms with van der Waals surface area (Å²) < 4.78 is 0. The molecule has 0 aliphatic carbocycles. The van der Waals surface area contributed by atoms with Crippen LogP contribution >= 0.6 is 12.4 Å². The number of amides is 1. The molecule has 1 aromatic heterocycles. The van der Waals surface area contributed by atoms with Crippen molar-refractivity contribution in [2.45, 2.75) is 12.8 Å². The van der Waals surface area contributed by atoms with E-state index in [0.29, 0.717) is 11.6 Å². The molecule has 3 rings (SSSR count). The Morgan fingerprint density at radius 1 is 1.26 bits per heavy atom. The molecule has 2 aromatic rings. The predicted octanol–water partition coefficient (Wildman–Crippen LogP) is 1.76. The van der Waals surface area contributed by atoms with Crippen LogP contribution in [0.4, 0.5) is 0 Å². The molecule has 1 fully saturated rings. The number of piperidine rings is 1. The second kappa shape index (κ2) is 8.08. The summed E-state index contributed by atoms with van der Waals surface area (Å²) in [5.41, 5.74) is 1.27. The Morgan fingerprint density at radius 2 is 1.96 bits per heavy atom. The highest BCUT2D eigenvalue weighted by atomic mass is 35.5. The van der Waals surface area contributed by atoms with E-state index in [-0.39, 0.29) is 18.3 Å². The molecule has 124 valence electrons. The van der Waals surface area contributed by atoms with E-state index in [0.717, 1.165) is 38.2 Å². The highest BCUT2D eigenvalue weighted by molar-refractivity contribution is 5.92. The van der Waals surface area contributed by atoms with Crippen LogP contribution < -0.4 is 5.32 Å². The second-order valence-corrected chi connectivity index (χ2v) is 5.65. The van der Waals surface area contributed by atoms with Crippen molar-refractivity contribution >= 4 is 18.3 Å². The van der Waals surface area contributed by atoms with E-state index in [9.17, 15) is 4.79 Å². The summed E-state index contributed by atoms with van der Waals surface area (Å²) in [5.74, 6) is 0.638. The maximum Gasteiger partial charge on any atom is 0.276 e. The van der Waals surface area contributed by atoms with Gasteiger partial charge in [0.1, 0.15) is 0 Å². The second-order valence-electron chi connectivity index (χ2n) is 5.65. The fraction of sp³-hybridized carbons (Fsp3) is 0.438. The van der Waals surface area contributed by atoms with E-state index < -0.39 is 0 Å². The molecule has 1 saturated heterocycles. The van der Waals surface area contributed by atoms with Gasteiger partial charge in [-0.2, -0.15) is 9.90 Å². The lowest BCUT2D eigenvalue weighted by molar-refractivity contribution is 0.0684. The van der Waals surface area contributed by atoms with Gasteiger partial charge in [0.15, 0.2) is 5.69 Å². The highest BCUT2D eigenvalue weighted by Crippen LogP contribution is 2.18. The van der Waals surface area contributed by atoms with Gasteiger partial charge in [-0.15, -0.1) is 17.5 Å². The molecule has 0 unspecified atom stereocenters. The molecule has 0 atom stereocenters. The van der Waals surface area contributed by atoms with Crippen molar-refractivity contribution in [2.24, 2.45) is 5.92 Å². The van der Waals surface area contributed by atoms with Gasteiger partial charge in [0.2, 0.25) is 0 Å². The summed E-state index contributed by atoms with van der Waals surface area (Å²) in [6.07, 6.45) is 3.63. The van der Waals surface area contributed by atoms with Crippen LogP contribution in [0.2, 0.25) is 0 Å². The Bertz CT molecular complexity index is 622. The van der Waals surface area contributed by atoms with Gasteiger partial charge >= 0.3 is 0 Å². The van der Waals surface area contributed by atoms with Gasteiger partial charge in [0, 0.05) is 13.1 Å². The molecule has 2 heterocycles. The first kappa shape index (κ1) is 17.4. The first-order chi connectivity index (χ1) is 10.8. The van der Waals surface area contributed by atoms with Crippen LogP contribution in [0.25, 0.3) is 5.69 Å². The number of hydrogen-bond donors (Lipinski definition) is 1. The Hall–Kier alpha value is -1.92. The van der Waals surface area contributed by atoms with Crippen LogP contribution in [0.5, 0.6) is 0 Å². The minimum absolute atomic E-state index is 0. The number of nitrogens with zero attached hydrogens (tertiary/aromatic N) is 4. The lowest BCUT2D eigenvalue weighted by Gasteiger charge is -2.31. The fourth-order valence-electron chi connectivity index (χ4n) is 2.84. The topological polar surface area (TPSA) is 63.1 Å². The van der Waals surface area contributed by atoms with Gasteiger partial charge in [-0.25, -0.2) is 0 Å². The van der Waals surface area contributed by atoms with Crippen LogP contribution in [-0.2, 0) is 0 Å². The Kier molecular flexibility index (Phi) is 6.12. The molecule has 6 nitrogen and oxygen atoms in total. The summed E-state index contributed by atoms with van der Waals surface area (Å²) in [6.45, 7) is 2.61. The number of rotatable bonds is 4. The van der Waals surface area contributed by atoms with E-state index in [1.54, 1.807) is 6.20 Å². The Labute approximate surface area is 142 Å². The van der Waals surface area contributed by atoms with Crippen molar-refractivity contribution in [1.29, 1.82) is 0 Å². The van der Waals surface area contributed by atoms with E-state index in [4.69, 9.17) is 0 Å². The minimum atomic E-state index is -0.0231. The van der Waals surface area contributed by atoms with Crippen molar-refractivity contribution in [2.75, 3.05) is 26.7 Å². The third kappa shape index (κ3) is 4.09. The predicted molar refractivity (Wildman–Crippen MR) is 91.2 cm³/mol. The summed E-state index contributed by atoms with van der Waals surface area (Å²) in [5, 5.41) is 11.7. The van der Waals surface area contributed by atoms with Crippen LogP contribution in [-0.4, -0.2) is 52.5 Å². The standard InChI is InChI=1S/C16H21N5O.ClH/c1-17-11-13-7-9-20(10-8-13)16(22)15-12-18-21(19-15)14-5-3-2-4-6-14;/h2-6,12-13,17H,7-11H2,1H3;1H. The molecule has 7 heteroatoms. The maximum absolute atomic E-state index is 12.5. The highest BCUT2D eigenvalue weighted by Gasteiger charge is 2.25. The monoisotopic (exact) mass is 335 g/mol. The van der Waals surface area contributed by atoms with Gasteiger partial charge in [0.05, 0.1) is 11.9 Å². The quantitative estimate of drug-likeness (QED) is 0.924. The maximum atomic E-state index is 12.5. The largest absolute Gasteiger partial charge is 0.337 e. The van der Waals surface area contributed by atoms with Gasteiger partial charge in [-0.05, 0) is 44.5 Å². The van der Waals surface area contributed by atoms with Crippen LogP contribution in [0, 0.1) is 5.92 Å². The molecule has 0 bridgehead atoms. The lowest BCUT2D eigenvalue weighted by atomic mass is 9.97. The smallest absolute Gasteiger partial charge is 0.276 e. The number of likely N-dealkylation sites (tertiary alicyclic amines) is 1. The lowest BCUT2D eigenvalue weighted by Crippen LogP contribution is -2.40. The van der Waals surface area contributed by atoms with Crippen molar-refractivity contribution < 1.29 is 4.79 Å². The average Bonchev–Trinajstić information content (AvgIpc) is 3.06. The van der Waals surface area contributed by atoms with E-state index in [1.165, 1.54) is 4.80 Å². The zero-order valence-corrected chi connectivity index (χ0v) is 14.0. The van der Waals surface area contributed by atoms with Gasteiger partial charge in [0.25, 0.3) is 5.91 Å². The number of halogens is 1. The first-order valence-electron chi connectivity index (χ1n) is 7.69. The zero-order valence-electron chi connectivity index (χ0n) is 13.2. The first-order valence-corrected chi connectivity index (χ1v) is 7.69. The summed E-state index contributed by atoms with van der Waals surface area (Å²) in [7, 11) is 1.97. The van der Waals surface area contributed by atoms with E-state index in [2.05, 4.69) is 15.5 Å². The van der Waals surface area contributed by atoms with Crippen molar-refractivity contribution in [3.8, 4) is 5.69 Å². The van der Waals surface area contributed by atoms with Gasteiger partial charge < -0.3 is 10.2 Å². The molecule has 1 aliphatic rings. The molecule has 1 N–H and O–H groups in total. The zero-order chi connectivity index (χ0) is 15.4. The number of carbonyl (C=O) groups excluding carboxylic acids is 1. The number of benzene rings is 1. The Morgan fingerprint density at radius 3 is 2.61 bits per heavy atom. The number of hydrogen-bond acceptors (Lipinski definition) is 4. The minimum Gasteiger partial charge on any atom is -0.337 e. The van der Waals surface area contributed by atoms with Crippen molar-refractivity contribution in [3.05, 3.63) is 42.2 Å². The normalized spacial score (nSPS) is 15.3. The van der Waals surface area contributed by atoms with Crippen LogP contribution in [0.1, 0.15) is 23.3 Å². The molecular formula is C16H22ClN5O. The number of nitrogens with one attached hydrogen (secondary N) is 1. The molecule has 23 heavy (non-hydrogen) atoms. The summed E-state index contributed by atoms with van der Waals surface area (Å²) >= 11 is 0. The molecular weight excluding hydrogens is 314 g/mol. The number of para-hydroxylation sites is 1. The average molecular weight is 336 g/mol. The molecule has 1 aromatic carbocycles. The Balaban J connectivity index is 0.00000192. The van der Waals surface area contributed by atoms with Crippen molar-refractivity contribution in [1.82, 2.24) is 25.2 Å². The molecule has 0 spiro atoms. The van der Waals surface area contributed by atoms with Crippen LogP contribution in [0.15, 0.2) is 36.5 Å². The third-order valence-electron chi connectivity index (χ3n) is 4.09. The molecule has 0 radical (unpaired) electrons. The van der Waals surface area contributed by atoms with Crippen LogP contribution in [0.3, 0.4) is 0 Å². The van der Waals surface area contributed by atoms with E-state index >= 15 is 0 Å². The summed E-state index contributed by atoms with van der Waals surface area (Å²) in [4.78, 5) is 15.9. The van der Waals surface area contributed by atoms with Gasteiger partial charge in [-0.1, -0.05) is 18.2 Å². The molecule has 0 saturated carbocycles. The number of aromatic nitrogens is 3. The molecule has 1 amide bonds. The summed E-state index contributed by atoms with van der Waals surface area (Å²) in [6, 6.07) is 9.61. The number of carbonyl (C=O) groups is 1. The van der Waals surface area contributed by atoms with E-state index in [1.807, 2.05) is 42.3 Å². The fourth-order valence-corrected chi connectivity index (χ4v) is 2.84. The van der Waals surface area contributed by atoms with Gasteiger partial charge in [-0.3, -0.25) is 4.79 Å². The van der Waals surface area contributed by atoms with Crippen molar-refractivity contribution in [3.63, 3.8) is 0 Å². The molecule has 1 aliphatic heterocycles.